The van der Waals surface area contributed by atoms with Gasteiger partial charge in [-0.15, -0.1) is 0 Å². The number of carbonyl (C=O) groups is 1. The average Bonchev–Trinajstić information content (AvgIpc) is 2.55. The number of anilines is 2. The summed E-state index contributed by atoms with van der Waals surface area (Å²) in [7, 11) is -3.87. The van der Waals surface area contributed by atoms with Crippen LogP contribution in [0.1, 0.15) is 12.5 Å². The van der Waals surface area contributed by atoms with Gasteiger partial charge in [-0.3, -0.25) is 9.52 Å². The topological polar surface area (TPSA) is 108 Å². The Kier molecular flexibility index (Phi) is 3.87. The van der Waals surface area contributed by atoms with Crippen LogP contribution >= 0.6 is 0 Å². The van der Waals surface area contributed by atoms with Crippen LogP contribution in [0.25, 0.3) is 0 Å². The van der Waals surface area contributed by atoms with E-state index >= 15 is 0 Å². The predicted octanol–water partition coefficient (Wildman–Crippen LogP) is 2.08. The molecule has 1 heterocycles. The number of carbonyl (C=O) groups excluding carboxylic acids is 1. The maximum atomic E-state index is 12.5. The standard InChI is InChI=1S/C16H13N3O4S/c1-10-16(20)18-14-8-13(5-6-15(14)23-10)24(21,22)19-12-4-2-3-11(7-12)9-17/h2-8,10,19H,1H3,(H,18,20). The third kappa shape index (κ3) is 3.02. The lowest BCUT2D eigenvalue weighted by Gasteiger charge is -2.23. The maximum absolute atomic E-state index is 12.5. The highest BCUT2D eigenvalue weighted by atomic mass is 32.2. The first-order chi connectivity index (χ1) is 11.4. The number of fused-ring (bicyclic) bond motifs is 1. The molecule has 0 bridgehead atoms. The fourth-order valence-corrected chi connectivity index (χ4v) is 3.30. The number of rotatable bonds is 3. The van der Waals surface area contributed by atoms with E-state index in [1.807, 2.05) is 6.07 Å². The minimum absolute atomic E-state index is 0.0259. The molecular weight excluding hydrogens is 330 g/mol. The zero-order valence-electron chi connectivity index (χ0n) is 12.6. The number of nitrogens with zero attached hydrogens (tertiary/aromatic N) is 1. The Bertz CT molecular complexity index is 964. The number of ether oxygens (including phenoxy) is 1. The lowest BCUT2D eigenvalue weighted by Crippen LogP contribution is -2.34. The van der Waals surface area contributed by atoms with Gasteiger partial charge in [-0.05, 0) is 43.3 Å². The van der Waals surface area contributed by atoms with Gasteiger partial charge in [0.15, 0.2) is 6.10 Å². The van der Waals surface area contributed by atoms with Gasteiger partial charge < -0.3 is 10.1 Å². The van der Waals surface area contributed by atoms with E-state index in [9.17, 15) is 13.2 Å². The molecule has 122 valence electrons. The monoisotopic (exact) mass is 343 g/mol. The van der Waals surface area contributed by atoms with Crippen LogP contribution in [0.3, 0.4) is 0 Å². The van der Waals surface area contributed by atoms with Gasteiger partial charge in [0.25, 0.3) is 15.9 Å². The van der Waals surface area contributed by atoms with Crippen molar-refractivity contribution in [2.24, 2.45) is 0 Å². The van der Waals surface area contributed by atoms with Crippen LogP contribution in [0.4, 0.5) is 11.4 Å². The first kappa shape index (κ1) is 15.8. The van der Waals surface area contributed by atoms with Crippen molar-refractivity contribution in [2.75, 3.05) is 10.0 Å². The third-order valence-electron chi connectivity index (χ3n) is 3.44. The van der Waals surface area contributed by atoms with Crippen molar-refractivity contribution in [2.45, 2.75) is 17.9 Å². The Hall–Kier alpha value is -3.05. The molecule has 24 heavy (non-hydrogen) atoms. The summed E-state index contributed by atoms with van der Waals surface area (Å²) < 4.78 is 32.8. The Balaban J connectivity index is 1.92. The molecule has 0 saturated heterocycles. The molecule has 2 N–H and O–H groups in total. The molecule has 1 amide bonds. The molecule has 2 aromatic carbocycles. The predicted molar refractivity (Wildman–Crippen MR) is 87.1 cm³/mol. The van der Waals surface area contributed by atoms with Crippen LogP contribution in [-0.2, 0) is 14.8 Å². The number of amides is 1. The van der Waals surface area contributed by atoms with Gasteiger partial charge in [0.1, 0.15) is 5.75 Å². The Morgan fingerprint density at radius 1 is 1.25 bits per heavy atom. The fraction of sp³-hybridized carbons (Fsp3) is 0.125. The van der Waals surface area contributed by atoms with Crippen LogP contribution in [-0.4, -0.2) is 20.4 Å². The summed E-state index contributed by atoms with van der Waals surface area (Å²) in [6, 6.07) is 12.3. The van der Waals surface area contributed by atoms with Gasteiger partial charge in [0.2, 0.25) is 0 Å². The molecule has 0 radical (unpaired) electrons. The maximum Gasteiger partial charge on any atom is 0.265 e. The summed E-state index contributed by atoms with van der Waals surface area (Å²) in [5, 5.41) is 11.5. The number of nitriles is 1. The van der Waals surface area contributed by atoms with E-state index < -0.39 is 16.1 Å². The second-order valence-corrected chi connectivity index (χ2v) is 6.89. The lowest BCUT2D eigenvalue weighted by molar-refractivity contribution is -0.122. The first-order valence-corrected chi connectivity index (χ1v) is 8.52. The van der Waals surface area contributed by atoms with E-state index in [-0.39, 0.29) is 16.5 Å². The second-order valence-electron chi connectivity index (χ2n) is 5.21. The lowest BCUT2D eigenvalue weighted by atomic mass is 10.2. The molecule has 7 nitrogen and oxygen atoms in total. The molecule has 0 spiro atoms. The number of hydrogen-bond donors (Lipinski definition) is 2. The zero-order chi connectivity index (χ0) is 17.3. The summed E-state index contributed by atoms with van der Waals surface area (Å²) in [5.41, 5.74) is 0.919. The van der Waals surface area contributed by atoms with Crippen LogP contribution in [0.5, 0.6) is 5.75 Å². The molecule has 8 heteroatoms. The minimum Gasteiger partial charge on any atom is -0.479 e. The van der Waals surface area contributed by atoms with Gasteiger partial charge >= 0.3 is 0 Å². The molecule has 0 aromatic heterocycles. The molecule has 2 aromatic rings. The van der Waals surface area contributed by atoms with Crippen LogP contribution in [0.2, 0.25) is 0 Å². The highest BCUT2D eigenvalue weighted by molar-refractivity contribution is 7.92. The van der Waals surface area contributed by atoms with Crippen LogP contribution < -0.4 is 14.8 Å². The van der Waals surface area contributed by atoms with Crippen LogP contribution in [0, 0.1) is 11.3 Å². The fourth-order valence-electron chi connectivity index (χ4n) is 2.22. The Labute approximate surface area is 138 Å². The number of hydrogen-bond acceptors (Lipinski definition) is 5. The van der Waals surface area contributed by atoms with Gasteiger partial charge in [0, 0.05) is 0 Å². The largest absolute Gasteiger partial charge is 0.479 e. The van der Waals surface area contributed by atoms with Gasteiger partial charge in [-0.1, -0.05) is 6.07 Å². The average molecular weight is 343 g/mol. The quantitative estimate of drug-likeness (QED) is 0.887. The van der Waals surface area contributed by atoms with Crippen molar-refractivity contribution in [1.82, 2.24) is 0 Å². The molecule has 1 unspecified atom stereocenters. The molecule has 0 fully saturated rings. The normalized spacial score (nSPS) is 16.3. The highest BCUT2D eigenvalue weighted by Crippen LogP contribution is 2.32. The summed E-state index contributed by atoms with van der Waals surface area (Å²) in [6.07, 6.45) is -0.633. The van der Waals surface area contributed by atoms with E-state index in [0.717, 1.165) is 0 Å². The molecule has 0 saturated carbocycles. The van der Waals surface area contributed by atoms with Gasteiger partial charge in [-0.2, -0.15) is 5.26 Å². The van der Waals surface area contributed by atoms with Crippen molar-refractivity contribution in [3.8, 4) is 11.8 Å². The Morgan fingerprint density at radius 3 is 2.79 bits per heavy atom. The molecule has 1 atom stereocenters. The Morgan fingerprint density at radius 2 is 2.04 bits per heavy atom. The smallest absolute Gasteiger partial charge is 0.265 e. The summed E-state index contributed by atoms with van der Waals surface area (Å²) in [6.45, 7) is 1.60. The van der Waals surface area contributed by atoms with E-state index in [4.69, 9.17) is 10.00 Å². The number of sulfonamides is 1. The van der Waals surface area contributed by atoms with Crippen molar-refractivity contribution in [1.29, 1.82) is 5.26 Å². The van der Waals surface area contributed by atoms with E-state index in [0.29, 0.717) is 17.0 Å². The summed E-state index contributed by atoms with van der Waals surface area (Å²) in [5.74, 6) is 0.0688. The van der Waals surface area contributed by atoms with Crippen molar-refractivity contribution in [3.63, 3.8) is 0 Å². The van der Waals surface area contributed by atoms with E-state index in [1.165, 1.54) is 24.3 Å². The van der Waals surface area contributed by atoms with E-state index in [2.05, 4.69) is 10.0 Å². The van der Waals surface area contributed by atoms with Gasteiger partial charge in [0.05, 0.1) is 27.9 Å². The molecule has 3 rings (SSSR count). The minimum atomic E-state index is -3.87. The zero-order valence-corrected chi connectivity index (χ0v) is 13.4. The molecular formula is C16H13N3O4S. The summed E-state index contributed by atoms with van der Waals surface area (Å²) in [4.78, 5) is 11.6. The van der Waals surface area contributed by atoms with Crippen molar-refractivity contribution in [3.05, 3.63) is 48.0 Å². The molecule has 0 aliphatic carbocycles. The van der Waals surface area contributed by atoms with Crippen molar-refractivity contribution < 1.29 is 17.9 Å². The van der Waals surface area contributed by atoms with E-state index in [1.54, 1.807) is 25.1 Å². The van der Waals surface area contributed by atoms with Crippen molar-refractivity contribution >= 4 is 27.3 Å². The SMILES string of the molecule is CC1Oc2ccc(S(=O)(=O)Nc3cccc(C#N)c3)cc2NC1=O. The molecule has 1 aliphatic rings. The highest BCUT2D eigenvalue weighted by Gasteiger charge is 2.25. The number of nitrogens with one attached hydrogen (secondary N) is 2. The number of benzene rings is 2. The van der Waals surface area contributed by atoms with Gasteiger partial charge in [-0.25, -0.2) is 8.42 Å². The summed E-state index contributed by atoms with van der Waals surface area (Å²) >= 11 is 0. The second kappa shape index (κ2) is 5.86. The molecule has 1 aliphatic heterocycles. The van der Waals surface area contributed by atoms with Crippen LogP contribution in [0.15, 0.2) is 47.4 Å². The first-order valence-electron chi connectivity index (χ1n) is 7.03. The third-order valence-corrected chi connectivity index (χ3v) is 4.82.